The molecule has 7 heteroatoms. The lowest BCUT2D eigenvalue weighted by Crippen LogP contribution is -2.15. The summed E-state index contributed by atoms with van der Waals surface area (Å²) in [6, 6.07) is 5.88. The Balaban J connectivity index is 2.30. The highest BCUT2D eigenvalue weighted by atomic mass is 32.2. The van der Waals surface area contributed by atoms with Crippen LogP contribution in [0, 0.1) is 16.0 Å². The molecule has 0 aliphatic carbocycles. The van der Waals surface area contributed by atoms with E-state index in [1.807, 2.05) is 0 Å². The van der Waals surface area contributed by atoms with Gasteiger partial charge >= 0.3 is 0 Å². The van der Waals surface area contributed by atoms with Crippen molar-refractivity contribution in [3.8, 4) is 0 Å². The largest absolute Gasteiger partial charge is 0.388 e. The fraction of sp³-hybridized carbons (Fsp3) is 0.455. The molecule has 1 saturated heterocycles. The molecule has 2 rings (SSSR count). The number of nitro benzene ring substituents is 1. The highest BCUT2D eigenvalue weighted by Crippen LogP contribution is 2.35. The monoisotopic (exact) mass is 271 g/mol. The number of hydrogen-bond acceptors (Lipinski definition) is 5. The van der Waals surface area contributed by atoms with Crippen molar-refractivity contribution in [2.75, 3.05) is 11.5 Å². The first-order chi connectivity index (χ1) is 8.41. The van der Waals surface area contributed by atoms with E-state index < -0.39 is 26.8 Å². The van der Waals surface area contributed by atoms with E-state index in [0.717, 1.165) is 0 Å². The molecule has 1 fully saturated rings. The maximum Gasteiger partial charge on any atom is 0.275 e. The van der Waals surface area contributed by atoms with Crippen molar-refractivity contribution in [1.82, 2.24) is 0 Å². The average molecular weight is 271 g/mol. The van der Waals surface area contributed by atoms with Gasteiger partial charge in [0.2, 0.25) is 0 Å². The molecule has 18 heavy (non-hydrogen) atoms. The molecule has 2 unspecified atom stereocenters. The van der Waals surface area contributed by atoms with E-state index in [0.29, 0.717) is 6.42 Å². The van der Waals surface area contributed by atoms with Gasteiger partial charge in [-0.15, -0.1) is 0 Å². The minimum absolute atomic E-state index is 0.0371. The van der Waals surface area contributed by atoms with Crippen molar-refractivity contribution >= 4 is 15.5 Å². The number of aliphatic hydroxyl groups excluding tert-OH is 1. The summed E-state index contributed by atoms with van der Waals surface area (Å²) in [5.74, 6) is -0.536. The Morgan fingerprint density at radius 1 is 1.39 bits per heavy atom. The van der Waals surface area contributed by atoms with Crippen molar-refractivity contribution < 1.29 is 18.4 Å². The summed E-state index contributed by atoms with van der Waals surface area (Å²) in [4.78, 5) is 10.3. The summed E-state index contributed by atoms with van der Waals surface area (Å²) in [7, 11) is -3.11. The molecule has 1 aliphatic rings. The lowest BCUT2D eigenvalue weighted by Gasteiger charge is -2.16. The minimum Gasteiger partial charge on any atom is -0.388 e. The molecule has 1 heterocycles. The summed E-state index contributed by atoms with van der Waals surface area (Å²) in [6.07, 6.45) is -0.765. The zero-order valence-electron chi connectivity index (χ0n) is 9.52. The number of nitrogens with zero attached hydrogens (tertiary/aromatic N) is 1. The van der Waals surface area contributed by atoms with E-state index in [9.17, 15) is 23.6 Å². The summed E-state index contributed by atoms with van der Waals surface area (Å²) in [6.45, 7) is 0. The Bertz CT molecular complexity index is 569. The number of hydrogen-bond donors (Lipinski definition) is 1. The van der Waals surface area contributed by atoms with Crippen LogP contribution in [0.2, 0.25) is 0 Å². The van der Waals surface area contributed by atoms with Gasteiger partial charge in [0.05, 0.1) is 28.1 Å². The van der Waals surface area contributed by atoms with Gasteiger partial charge in [-0.25, -0.2) is 8.42 Å². The molecule has 1 aromatic carbocycles. The zero-order chi connectivity index (χ0) is 13.3. The Kier molecular flexibility index (Phi) is 3.36. The van der Waals surface area contributed by atoms with Crippen LogP contribution in [0.4, 0.5) is 5.69 Å². The molecule has 98 valence electrons. The third-order valence-corrected chi connectivity index (χ3v) is 4.96. The van der Waals surface area contributed by atoms with Crippen molar-refractivity contribution in [3.05, 3.63) is 39.9 Å². The number of sulfone groups is 1. The summed E-state index contributed by atoms with van der Waals surface area (Å²) in [5, 5.41) is 21.0. The second-order valence-corrected chi connectivity index (χ2v) is 6.65. The third kappa shape index (κ3) is 2.51. The van der Waals surface area contributed by atoms with Crippen LogP contribution in [0.1, 0.15) is 18.1 Å². The highest BCUT2D eigenvalue weighted by molar-refractivity contribution is 7.91. The van der Waals surface area contributed by atoms with Crippen LogP contribution in [0.25, 0.3) is 0 Å². The second-order valence-electron chi connectivity index (χ2n) is 4.42. The first kappa shape index (κ1) is 13.0. The van der Waals surface area contributed by atoms with Crippen LogP contribution in [0.5, 0.6) is 0 Å². The van der Waals surface area contributed by atoms with Crippen molar-refractivity contribution in [1.29, 1.82) is 0 Å². The molecule has 6 nitrogen and oxygen atoms in total. The highest BCUT2D eigenvalue weighted by Gasteiger charge is 2.35. The molecule has 0 saturated carbocycles. The molecule has 0 spiro atoms. The first-order valence-corrected chi connectivity index (χ1v) is 7.34. The van der Waals surface area contributed by atoms with Crippen LogP contribution in [-0.4, -0.2) is 30.0 Å². The number of para-hydroxylation sites is 1. The molecule has 1 aliphatic heterocycles. The number of benzene rings is 1. The fourth-order valence-electron chi connectivity index (χ4n) is 2.23. The van der Waals surface area contributed by atoms with Gasteiger partial charge in [-0.2, -0.15) is 0 Å². The third-order valence-electron chi connectivity index (χ3n) is 3.17. The van der Waals surface area contributed by atoms with Gasteiger partial charge in [-0.05, 0) is 12.5 Å². The van der Waals surface area contributed by atoms with Gasteiger partial charge < -0.3 is 5.11 Å². The van der Waals surface area contributed by atoms with Crippen molar-refractivity contribution in [2.45, 2.75) is 12.5 Å². The standard InChI is InChI=1S/C11H13NO5S/c13-11(8-5-6-18(16,17)7-8)9-3-1-2-4-10(9)12(14)15/h1-4,8,11,13H,5-7H2. The maximum atomic E-state index is 11.4. The topological polar surface area (TPSA) is 97.5 Å². The average Bonchev–Trinajstić information content (AvgIpc) is 2.68. The Labute approximate surface area is 104 Å². The van der Waals surface area contributed by atoms with E-state index >= 15 is 0 Å². The summed E-state index contributed by atoms with van der Waals surface area (Å²) in [5.41, 5.74) is 0.0129. The molecule has 2 atom stereocenters. The van der Waals surface area contributed by atoms with E-state index in [-0.39, 0.29) is 22.8 Å². The van der Waals surface area contributed by atoms with E-state index in [2.05, 4.69) is 0 Å². The lowest BCUT2D eigenvalue weighted by atomic mass is 9.94. The zero-order valence-corrected chi connectivity index (χ0v) is 10.3. The fourth-order valence-corrected chi connectivity index (χ4v) is 4.06. The minimum atomic E-state index is -3.11. The van der Waals surface area contributed by atoms with Gasteiger partial charge in [-0.1, -0.05) is 12.1 Å². The molecule has 0 bridgehead atoms. The summed E-state index contributed by atoms with van der Waals surface area (Å²) < 4.78 is 22.7. The van der Waals surface area contributed by atoms with Gasteiger partial charge in [0.1, 0.15) is 0 Å². The van der Waals surface area contributed by atoms with Gasteiger partial charge in [0, 0.05) is 12.0 Å². The number of aliphatic hydroxyl groups is 1. The summed E-state index contributed by atoms with van der Waals surface area (Å²) >= 11 is 0. The second kappa shape index (κ2) is 4.66. The quantitative estimate of drug-likeness (QED) is 0.655. The lowest BCUT2D eigenvalue weighted by molar-refractivity contribution is -0.386. The van der Waals surface area contributed by atoms with Gasteiger partial charge in [0.15, 0.2) is 9.84 Å². The Morgan fingerprint density at radius 2 is 2.06 bits per heavy atom. The SMILES string of the molecule is O=[N+]([O-])c1ccccc1C(O)C1CCS(=O)(=O)C1. The Hall–Kier alpha value is -1.47. The molecule has 1 aromatic rings. The molecule has 0 aromatic heterocycles. The molecule has 0 amide bonds. The smallest absolute Gasteiger partial charge is 0.275 e. The molecular weight excluding hydrogens is 258 g/mol. The van der Waals surface area contributed by atoms with Crippen molar-refractivity contribution in [2.24, 2.45) is 5.92 Å². The molecular formula is C11H13NO5S. The van der Waals surface area contributed by atoms with Crippen LogP contribution < -0.4 is 0 Å². The molecule has 1 N–H and O–H groups in total. The Morgan fingerprint density at radius 3 is 2.61 bits per heavy atom. The van der Waals surface area contributed by atoms with Gasteiger partial charge in [-0.3, -0.25) is 10.1 Å². The predicted octanol–water partition coefficient (Wildman–Crippen LogP) is 1.06. The normalized spacial score (nSPS) is 23.7. The predicted molar refractivity (Wildman–Crippen MR) is 64.8 cm³/mol. The van der Waals surface area contributed by atoms with Crippen molar-refractivity contribution in [3.63, 3.8) is 0 Å². The first-order valence-electron chi connectivity index (χ1n) is 5.52. The van der Waals surface area contributed by atoms with Crippen LogP contribution >= 0.6 is 0 Å². The number of rotatable bonds is 3. The van der Waals surface area contributed by atoms with Crippen LogP contribution in [0.3, 0.4) is 0 Å². The van der Waals surface area contributed by atoms with E-state index in [1.54, 1.807) is 6.07 Å². The van der Waals surface area contributed by atoms with Crippen LogP contribution in [-0.2, 0) is 9.84 Å². The maximum absolute atomic E-state index is 11.4. The number of nitro groups is 1. The van der Waals surface area contributed by atoms with E-state index in [1.165, 1.54) is 18.2 Å². The van der Waals surface area contributed by atoms with E-state index in [4.69, 9.17) is 0 Å². The van der Waals surface area contributed by atoms with Gasteiger partial charge in [0.25, 0.3) is 5.69 Å². The molecule has 0 radical (unpaired) electrons. The van der Waals surface area contributed by atoms with Crippen LogP contribution in [0.15, 0.2) is 24.3 Å².